The summed E-state index contributed by atoms with van der Waals surface area (Å²) >= 11 is 0. The Bertz CT molecular complexity index is 338. The van der Waals surface area contributed by atoms with Crippen molar-refractivity contribution >= 4 is 0 Å². The van der Waals surface area contributed by atoms with E-state index in [-0.39, 0.29) is 0 Å². The van der Waals surface area contributed by atoms with Gasteiger partial charge in [0.25, 0.3) is 0 Å². The average Bonchev–Trinajstić information content (AvgIpc) is 3.21. The van der Waals surface area contributed by atoms with E-state index in [0.717, 1.165) is 0 Å². The highest BCUT2D eigenvalue weighted by Crippen LogP contribution is 2.10. The Kier molecular flexibility index (Phi) is 6.74. The Labute approximate surface area is 136 Å². The van der Waals surface area contributed by atoms with Crippen LogP contribution in [0.25, 0.3) is 0 Å². The lowest BCUT2D eigenvalue weighted by Gasteiger charge is -2.24. The second kappa shape index (κ2) is 9.02. The van der Waals surface area contributed by atoms with Crippen molar-refractivity contribution in [2.45, 2.75) is 32.1 Å². The molecule has 0 aromatic rings. The van der Waals surface area contributed by atoms with Crippen LogP contribution in [-0.4, -0.2) is 91.7 Å². The number of hydrogen-bond donors (Lipinski definition) is 0. The Morgan fingerprint density at radius 1 is 0.591 bits per heavy atom. The molecule has 3 rings (SSSR count). The van der Waals surface area contributed by atoms with E-state index in [1.54, 1.807) is 0 Å². The second-order valence-corrected chi connectivity index (χ2v) is 7.19. The second-order valence-electron chi connectivity index (χ2n) is 7.19. The molecule has 0 aromatic carbocycles. The van der Waals surface area contributed by atoms with Crippen LogP contribution in [0.1, 0.15) is 32.1 Å². The van der Waals surface area contributed by atoms with Gasteiger partial charge in [-0.15, -0.1) is 0 Å². The first-order valence-corrected chi connectivity index (χ1v) is 9.44. The van der Waals surface area contributed by atoms with E-state index in [0.29, 0.717) is 0 Å². The van der Waals surface area contributed by atoms with E-state index in [1.165, 1.54) is 104 Å². The van der Waals surface area contributed by atoms with Gasteiger partial charge in [-0.1, -0.05) is 12.2 Å². The van der Waals surface area contributed by atoms with Gasteiger partial charge in [0.05, 0.1) is 6.67 Å². The van der Waals surface area contributed by atoms with Gasteiger partial charge in [0.2, 0.25) is 0 Å². The molecule has 0 aliphatic carbocycles. The van der Waals surface area contributed by atoms with E-state index >= 15 is 0 Å². The standard InChI is InChI=1S/C18H34N4/c1-2-8-19(9-3-1)12-6-14-21-16-17-22(18-21)15-7-13-20-10-4-5-11-20/h1-2H,3-18H2. The summed E-state index contributed by atoms with van der Waals surface area (Å²) in [5, 5.41) is 0. The largest absolute Gasteiger partial charge is 0.303 e. The molecule has 126 valence electrons. The minimum atomic E-state index is 1.17. The van der Waals surface area contributed by atoms with Crippen LogP contribution in [0.15, 0.2) is 12.2 Å². The molecule has 0 aromatic heterocycles. The minimum Gasteiger partial charge on any atom is -0.303 e. The van der Waals surface area contributed by atoms with E-state index in [9.17, 15) is 0 Å². The summed E-state index contributed by atoms with van der Waals surface area (Å²) in [7, 11) is 0. The highest BCUT2D eigenvalue weighted by atomic mass is 15.4. The molecule has 2 saturated heterocycles. The molecule has 0 amide bonds. The van der Waals surface area contributed by atoms with Gasteiger partial charge >= 0.3 is 0 Å². The van der Waals surface area contributed by atoms with Gasteiger partial charge in [-0.25, -0.2) is 0 Å². The first kappa shape index (κ1) is 16.4. The first-order valence-electron chi connectivity index (χ1n) is 9.44. The third-order valence-corrected chi connectivity index (χ3v) is 5.37. The van der Waals surface area contributed by atoms with Crippen LogP contribution in [-0.2, 0) is 0 Å². The molecule has 0 saturated carbocycles. The molecule has 4 nitrogen and oxygen atoms in total. The predicted molar refractivity (Wildman–Crippen MR) is 93.1 cm³/mol. The summed E-state index contributed by atoms with van der Waals surface area (Å²) in [6.45, 7) is 14.1. The van der Waals surface area contributed by atoms with Gasteiger partial charge in [0.1, 0.15) is 0 Å². The van der Waals surface area contributed by atoms with Crippen LogP contribution in [0.3, 0.4) is 0 Å². The zero-order chi connectivity index (χ0) is 15.0. The first-order chi connectivity index (χ1) is 10.9. The van der Waals surface area contributed by atoms with Crippen molar-refractivity contribution in [1.29, 1.82) is 0 Å². The number of nitrogens with zero attached hydrogens (tertiary/aromatic N) is 4. The molecule has 22 heavy (non-hydrogen) atoms. The summed E-state index contributed by atoms with van der Waals surface area (Å²) in [6, 6.07) is 0. The van der Waals surface area contributed by atoms with Gasteiger partial charge in [0, 0.05) is 39.3 Å². The van der Waals surface area contributed by atoms with Crippen molar-refractivity contribution < 1.29 is 0 Å². The van der Waals surface area contributed by atoms with Crippen molar-refractivity contribution in [1.82, 2.24) is 19.6 Å². The molecule has 0 spiro atoms. The molecule has 2 fully saturated rings. The quantitative estimate of drug-likeness (QED) is 0.633. The van der Waals surface area contributed by atoms with E-state index in [2.05, 4.69) is 31.8 Å². The fourth-order valence-corrected chi connectivity index (χ4v) is 4.01. The molecular formula is C18H34N4. The van der Waals surface area contributed by atoms with E-state index in [1.807, 2.05) is 0 Å². The molecule has 3 aliphatic heterocycles. The summed E-state index contributed by atoms with van der Waals surface area (Å²) in [6.07, 6.45) is 11.4. The Balaban J connectivity index is 1.22. The summed E-state index contributed by atoms with van der Waals surface area (Å²) in [5.41, 5.74) is 0. The Morgan fingerprint density at radius 2 is 1.23 bits per heavy atom. The van der Waals surface area contributed by atoms with Crippen LogP contribution in [0.4, 0.5) is 0 Å². The van der Waals surface area contributed by atoms with Gasteiger partial charge in [-0.2, -0.15) is 0 Å². The van der Waals surface area contributed by atoms with E-state index in [4.69, 9.17) is 0 Å². The summed E-state index contributed by atoms with van der Waals surface area (Å²) < 4.78 is 0. The minimum absolute atomic E-state index is 1.17. The predicted octanol–water partition coefficient (Wildman–Crippen LogP) is 1.70. The van der Waals surface area contributed by atoms with Crippen molar-refractivity contribution in [3.8, 4) is 0 Å². The van der Waals surface area contributed by atoms with Crippen molar-refractivity contribution in [3.63, 3.8) is 0 Å². The number of rotatable bonds is 8. The Hall–Kier alpha value is -0.420. The fraction of sp³-hybridized carbons (Fsp3) is 0.889. The topological polar surface area (TPSA) is 13.0 Å². The molecule has 0 N–H and O–H groups in total. The van der Waals surface area contributed by atoms with Gasteiger partial charge in [0.15, 0.2) is 0 Å². The van der Waals surface area contributed by atoms with Crippen molar-refractivity contribution in [2.75, 3.05) is 72.1 Å². The molecule has 0 unspecified atom stereocenters. The fourth-order valence-electron chi connectivity index (χ4n) is 4.01. The van der Waals surface area contributed by atoms with E-state index < -0.39 is 0 Å². The van der Waals surface area contributed by atoms with Crippen LogP contribution < -0.4 is 0 Å². The van der Waals surface area contributed by atoms with Gasteiger partial charge < -0.3 is 4.90 Å². The molecule has 4 heteroatoms. The maximum atomic E-state index is 2.65. The number of hydrogen-bond acceptors (Lipinski definition) is 4. The van der Waals surface area contributed by atoms with Gasteiger partial charge in [-0.05, 0) is 58.3 Å². The molecule has 0 atom stereocenters. The van der Waals surface area contributed by atoms with Crippen molar-refractivity contribution in [3.05, 3.63) is 12.2 Å². The van der Waals surface area contributed by atoms with Crippen molar-refractivity contribution in [2.24, 2.45) is 0 Å². The van der Waals surface area contributed by atoms with Crippen LogP contribution in [0.5, 0.6) is 0 Å². The lowest BCUT2D eigenvalue weighted by Crippen LogP contribution is -2.32. The maximum Gasteiger partial charge on any atom is 0.0507 e. The third-order valence-electron chi connectivity index (χ3n) is 5.37. The zero-order valence-electron chi connectivity index (χ0n) is 14.3. The monoisotopic (exact) mass is 306 g/mol. The van der Waals surface area contributed by atoms with Crippen LogP contribution >= 0.6 is 0 Å². The summed E-state index contributed by atoms with van der Waals surface area (Å²) in [4.78, 5) is 10.5. The maximum absolute atomic E-state index is 2.65. The van der Waals surface area contributed by atoms with Gasteiger partial charge in [-0.3, -0.25) is 14.7 Å². The summed E-state index contributed by atoms with van der Waals surface area (Å²) in [5.74, 6) is 0. The smallest absolute Gasteiger partial charge is 0.0507 e. The highest BCUT2D eigenvalue weighted by Gasteiger charge is 2.19. The molecule has 0 radical (unpaired) electrons. The third kappa shape index (κ3) is 5.34. The van der Waals surface area contributed by atoms with Crippen LogP contribution in [0, 0.1) is 0 Å². The molecule has 3 aliphatic rings. The lowest BCUT2D eigenvalue weighted by atomic mass is 10.2. The average molecular weight is 306 g/mol. The normalized spacial score (nSPS) is 25.5. The van der Waals surface area contributed by atoms with Crippen LogP contribution in [0.2, 0.25) is 0 Å². The highest BCUT2D eigenvalue weighted by molar-refractivity contribution is 4.90. The zero-order valence-corrected chi connectivity index (χ0v) is 14.3. The molecule has 3 heterocycles. The number of likely N-dealkylation sites (tertiary alicyclic amines) is 1. The Morgan fingerprint density at radius 3 is 1.86 bits per heavy atom. The molecular weight excluding hydrogens is 272 g/mol. The SMILES string of the molecule is C1=CCN(CCCN2CCN(CCCN3CCCC3)C2)CC1. The lowest BCUT2D eigenvalue weighted by molar-refractivity contribution is 0.216. The molecule has 0 bridgehead atoms.